The van der Waals surface area contributed by atoms with E-state index in [1.807, 2.05) is 0 Å². The molecule has 0 unspecified atom stereocenters. The van der Waals surface area contributed by atoms with E-state index in [1.54, 1.807) is 49.5 Å². The molecule has 48 heavy (non-hydrogen) atoms. The number of aliphatic hydroxyl groups excluding tert-OH is 3. The summed E-state index contributed by atoms with van der Waals surface area (Å²) in [5.74, 6) is -4.87. The maximum atomic E-state index is 13.8. The van der Waals surface area contributed by atoms with Crippen molar-refractivity contribution in [3.05, 3.63) is 94.2 Å². The molecule has 1 aliphatic heterocycles. The van der Waals surface area contributed by atoms with Crippen molar-refractivity contribution >= 4 is 29.2 Å². The molecule has 1 fully saturated rings. The second-order valence-corrected chi connectivity index (χ2v) is 11.7. The molecule has 3 aromatic rings. The number of furan rings is 1. The molecule has 1 aliphatic carbocycles. The first kappa shape index (κ1) is 35.0. The molecule has 0 spiro atoms. The summed E-state index contributed by atoms with van der Waals surface area (Å²) < 4.78 is 87.2. The van der Waals surface area contributed by atoms with Crippen molar-refractivity contribution in [1.29, 1.82) is 0 Å². The zero-order valence-electron chi connectivity index (χ0n) is 25.6. The van der Waals surface area contributed by atoms with Crippen molar-refractivity contribution in [3.8, 4) is 0 Å². The first-order valence-corrected chi connectivity index (χ1v) is 15.2. The fourth-order valence-corrected chi connectivity index (χ4v) is 6.62. The molecule has 5 rings (SSSR count). The summed E-state index contributed by atoms with van der Waals surface area (Å²) in [6.45, 7) is 0.729. The lowest BCUT2D eigenvalue weighted by molar-refractivity contribution is -0.143. The Morgan fingerprint density at radius 3 is 2.25 bits per heavy atom. The average Bonchev–Trinajstić information content (AvgIpc) is 3.62. The smallest absolute Gasteiger partial charge is 0.416 e. The van der Waals surface area contributed by atoms with Crippen LogP contribution in [0.2, 0.25) is 0 Å². The Kier molecular flexibility index (Phi) is 9.99. The molecular weight excluding hydrogens is 646 g/mol. The molecule has 0 radical (unpaired) electrons. The number of pyridine rings is 1. The molecule has 1 saturated heterocycles. The molecule has 2 aliphatic rings. The summed E-state index contributed by atoms with van der Waals surface area (Å²) in [6, 6.07) is 9.07. The van der Waals surface area contributed by atoms with Gasteiger partial charge in [-0.2, -0.15) is 26.3 Å². The van der Waals surface area contributed by atoms with E-state index in [1.165, 1.54) is 0 Å². The number of rotatable bonds is 10. The fourth-order valence-electron chi connectivity index (χ4n) is 6.62. The van der Waals surface area contributed by atoms with Gasteiger partial charge >= 0.3 is 12.4 Å². The lowest BCUT2D eigenvalue weighted by Crippen LogP contribution is -2.39. The highest BCUT2D eigenvalue weighted by Gasteiger charge is 2.55. The van der Waals surface area contributed by atoms with Gasteiger partial charge in [-0.3, -0.25) is 14.6 Å². The minimum Gasteiger partial charge on any atom is -0.459 e. The van der Waals surface area contributed by atoms with E-state index in [-0.39, 0.29) is 31.9 Å². The van der Waals surface area contributed by atoms with Crippen molar-refractivity contribution in [2.45, 2.75) is 57.7 Å². The largest absolute Gasteiger partial charge is 0.459 e. The number of fused-ring (bicyclic) bond motifs is 1. The second kappa shape index (κ2) is 13.7. The zero-order chi connectivity index (χ0) is 35.0. The van der Waals surface area contributed by atoms with Gasteiger partial charge in [0.2, 0.25) is 11.8 Å². The first-order valence-electron chi connectivity index (χ1n) is 15.2. The molecule has 2 aromatic heterocycles. The number of anilines is 1. The van der Waals surface area contributed by atoms with Crippen molar-refractivity contribution in [2.75, 3.05) is 11.5 Å². The van der Waals surface area contributed by atoms with Gasteiger partial charge in [-0.15, -0.1) is 0 Å². The van der Waals surface area contributed by atoms with Gasteiger partial charge in [0, 0.05) is 12.1 Å². The molecule has 8 nitrogen and oxygen atoms in total. The minimum atomic E-state index is -5.20. The number of halogens is 6. The van der Waals surface area contributed by atoms with Crippen molar-refractivity contribution in [1.82, 2.24) is 4.98 Å². The topological polar surface area (TPSA) is 124 Å². The Labute approximate surface area is 271 Å². The van der Waals surface area contributed by atoms with Crippen LogP contribution in [0.1, 0.15) is 60.9 Å². The Balaban J connectivity index is 1.46. The van der Waals surface area contributed by atoms with Gasteiger partial charge in [0.25, 0.3) is 0 Å². The first-order chi connectivity index (χ1) is 22.7. The number of aliphatic hydroxyl groups is 3. The van der Waals surface area contributed by atoms with Crippen LogP contribution < -0.4 is 4.90 Å². The number of nitrogens with zero attached hydrogens (tertiary/aromatic N) is 2. The van der Waals surface area contributed by atoms with Crippen LogP contribution >= 0.6 is 0 Å². The highest BCUT2D eigenvalue weighted by molar-refractivity contribution is 6.22. The van der Waals surface area contributed by atoms with Crippen LogP contribution in [0.5, 0.6) is 0 Å². The Bertz CT molecular complexity index is 1700. The van der Waals surface area contributed by atoms with E-state index in [9.17, 15) is 51.3 Å². The van der Waals surface area contributed by atoms with Crippen LogP contribution in [0.25, 0.3) is 11.6 Å². The molecule has 1 aromatic carbocycles. The number of carbonyl (C=O) groups excluding carboxylic acids is 2. The van der Waals surface area contributed by atoms with Gasteiger partial charge in [0.05, 0.1) is 47.1 Å². The van der Waals surface area contributed by atoms with E-state index in [4.69, 9.17) is 4.42 Å². The molecular formula is C34H32F6N2O6. The predicted molar refractivity (Wildman–Crippen MR) is 160 cm³/mol. The quantitative estimate of drug-likeness (QED) is 0.129. The third-order valence-electron chi connectivity index (χ3n) is 8.83. The summed E-state index contributed by atoms with van der Waals surface area (Å²) in [4.78, 5) is 32.1. The van der Waals surface area contributed by atoms with Crippen LogP contribution in [0.3, 0.4) is 0 Å². The van der Waals surface area contributed by atoms with Crippen molar-refractivity contribution in [2.24, 2.45) is 17.8 Å². The molecule has 0 bridgehead atoms. The van der Waals surface area contributed by atoms with Gasteiger partial charge in [-0.05, 0) is 85.4 Å². The van der Waals surface area contributed by atoms with Crippen LogP contribution in [0, 0.1) is 17.8 Å². The van der Waals surface area contributed by atoms with E-state index in [0.717, 1.165) is 0 Å². The van der Waals surface area contributed by atoms with E-state index < -0.39 is 71.4 Å². The van der Waals surface area contributed by atoms with E-state index in [0.29, 0.717) is 57.4 Å². The molecule has 14 heteroatoms. The molecule has 2 amide bonds. The maximum Gasteiger partial charge on any atom is 0.416 e. The molecule has 4 atom stereocenters. The normalized spacial score (nSPS) is 21.2. The SMILES string of the molecule is CCC1=C([C@H](O)CC/C(=C/c2ccc(CO)o2)c2ccccn2)[C@H](CO)[C@@H]2C(=O)N(c3cc(C(F)(F)F)cc(C(F)(F)F)c3)C(=O)[C@@H]2C1. The molecule has 3 N–H and O–H groups in total. The zero-order valence-corrected chi connectivity index (χ0v) is 25.6. The average molecular weight is 679 g/mol. The van der Waals surface area contributed by atoms with Crippen LogP contribution in [0.4, 0.5) is 32.0 Å². The molecule has 0 saturated carbocycles. The number of aromatic nitrogens is 1. The van der Waals surface area contributed by atoms with Crippen LogP contribution in [-0.2, 0) is 28.5 Å². The maximum absolute atomic E-state index is 13.8. The van der Waals surface area contributed by atoms with E-state index in [2.05, 4.69) is 4.98 Å². The van der Waals surface area contributed by atoms with Crippen LogP contribution in [-0.4, -0.2) is 44.8 Å². The van der Waals surface area contributed by atoms with Crippen molar-refractivity contribution in [3.63, 3.8) is 0 Å². The van der Waals surface area contributed by atoms with E-state index >= 15 is 0 Å². The highest BCUT2D eigenvalue weighted by atomic mass is 19.4. The van der Waals surface area contributed by atoms with Gasteiger partial charge in [-0.1, -0.05) is 18.6 Å². The molecule has 256 valence electrons. The number of hydrogen-bond acceptors (Lipinski definition) is 7. The lowest BCUT2D eigenvalue weighted by atomic mass is 9.67. The van der Waals surface area contributed by atoms with Crippen LogP contribution in [0.15, 0.2) is 70.3 Å². The Hall–Kier alpha value is -4.27. The lowest BCUT2D eigenvalue weighted by Gasteiger charge is -2.36. The van der Waals surface area contributed by atoms with Gasteiger partial charge in [-0.25, -0.2) is 4.90 Å². The third kappa shape index (κ3) is 6.96. The van der Waals surface area contributed by atoms with Gasteiger partial charge < -0.3 is 19.7 Å². The predicted octanol–water partition coefficient (Wildman–Crippen LogP) is 6.41. The number of imide groups is 1. The summed E-state index contributed by atoms with van der Waals surface area (Å²) in [5.41, 5.74) is -2.12. The summed E-state index contributed by atoms with van der Waals surface area (Å²) in [7, 11) is 0. The Morgan fingerprint density at radius 2 is 1.71 bits per heavy atom. The summed E-state index contributed by atoms with van der Waals surface area (Å²) in [5, 5.41) is 31.5. The van der Waals surface area contributed by atoms with Crippen molar-refractivity contribution < 1.29 is 55.7 Å². The number of hydrogen-bond donors (Lipinski definition) is 3. The number of carbonyl (C=O) groups is 2. The number of benzene rings is 1. The number of amides is 2. The summed E-state index contributed by atoms with van der Waals surface area (Å²) in [6.07, 6.45) is -7.83. The standard InChI is InChI=1S/C34H32F6N2O6/c1-2-18-12-25-30(32(47)42(31(25)46)22-14-20(33(35,36)37)13-21(15-22)34(38,39)40)26(17-44)29(18)28(45)9-6-19(27-5-3-4-10-41-27)11-23-7-8-24(16-43)48-23/h3-5,7-8,10-11,13-15,25-26,28,30,43-45H,2,6,9,12,16-17H2,1H3/b19-11-/t25-,26+,28-,30-/m1/s1. The van der Waals surface area contributed by atoms with Gasteiger partial charge in [0.15, 0.2) is 0 Å². The monoisotopic (exact) mass is 678 g/mol. The Morgan fingerprint density at radius 1 is 1.02 bits per heavy atom. The highest BCUT2D eigenvalue weighted by Crippen LogP contribution is 2.49. The molecule has 3 heterocycles. The minimum absolute atomic E-state index is 0.0666. The third-order valence-corrected chi connectivity index (χ3v) is 8.83. The summed E-state index contributed by atoms with van der Waals surface area (Å²) >= 11 is 0. The number of alkyl halides is 6. The second-order valence-electron chi connectivity index (χ2n) is 11.7. The number of allylic oxidation sites excluding steroid dienone is 2. The van der Waals surface area contributed by atoms with Gasteiger partial charge in [0.1, 0.15) is 18.1 Å². The fraction of sp³-hybridized carbons (Fsp3) is 0.382.